The Morgan fingerprint density at radius 2 is 1.90 bits per heavy atom. The van der Waals surface area contributed by atoms with E-state index < -0.39 is 11.7 Å². The van der Waals surface area contributed by atoms with Crippen LogP contribution in [0.15, 0.2) is 55.1 Å². The summed E-state index contributed by atoms with van der Waals surface area (Å²) < 4.78 is 15.3. The van der Waals surface area contributed by atoms with Gasteiger partial charge < -0.3 is 5.73 Å². The molecule has 2 N–H and O–H groups in total. The molecule has 0 saturated carbocycles. The van der Waals surface area contributed by atoms with Crippen molar-refractivity contribution in [2.45, 2.75) is 20.4 Å². The lowest BCUT2D eigenvalue weighted by atomic mass is 10.1. The van der Waals surface area contributed by atoms with E-state index in [4.69, 9.17) is 5.73 Å². The van der Waals surface area contributed by atoms with Crippen molar-refractivity contribution in [2.75, 3.05) is 0 Å². The fourth-order valence-electron chi connectivity index (χ4n) is 3.33. The van der Waals surface area contributed by atoms with Crippen LogP contribution in [0.5, 0.6) is 0 Å². The zero-order valence-electron chi connectivity index (χ0n) is 16.5. The van der Waals surface area contributed by atoms with Crippen LogP contribution >= 0.6 is 0 Å². The molecule has 0 spiro atoms. The second-order valence-electron chi connectivity index (χ2n) is 7.02. The fraction of sp³-hybridized carbons (Fsp3) is 0.136. The van der Waals surface area contributed by atoms with Gasteiger partial charge in [0.05, 0.1) is 24.1 Å². The Bertz CT molecular complexity index is 1250. The topological polar surface area (TPSA) is 99.6 Å². The zero-order chi connectivity index (χ0) is 21.3. The molecule has 0 bridgehead atoms. The number of carbonyl (C=O) groups is 1. The zero-order valence-corrected chi connectivity index (χ0v) is 16.5. The first-order valence-corrected chi connectivity index (χ1v) is 9.28. The molecule has 0 saturated heterocycles. The molecule has 4 rings (SSSR count). The standard InChI is InChI=1S/C22H19FN6O/c1-13-5-15(9-27-21(13)16-3-4-26-14(2)6-16)12-29-20(8-19(28-29)22(24)30)17-7-18(23)11-25-10-17/h3-11H,12H2,1-2H3,(H2,24,30). The van der Waals surface area contributed by atoms with Crippen LogP contribution in [0.1, 0.15) is 27.3 Å². The van der Waals surface area contributed by atoms with Gasteiger partial charge >= 0.3 is 0 Å². The molecule has 4 aromatic rings. The molecule has 0 aliphatic rings. The van der Waals surface area contributed by atoms with Gasteiger partial charge in [0, 0.05) is 35.4 Å². The number of nitrogens with zero attached hydrogens (tertiary/aromatic N) is 5. The third-order valence-corrected chi connectivity index (χ3v) is 4.67. The first-order chi connectivity index (χ1) is 14.4. The van der Waals surface area contributed by atoms with Crippen molar-refractivity contribution >= 4 is 5.91 Å². The van der Waals surface area contributed by atoms with Crippen molar-refractivity contribution in [1.29, 1.82) is 0 Å². The molecular formula is C22H19FN6O. The maximum atomic E-state index is 13.7. The molecule has 0 atom stereocenters. The van der Waals surface area contributed by atoms with E-state index in [1.807, 2.05) is 32.0 Å². The molecule has 0 fully saturated rings. The van der Waals surface area contributed by atoms with Gasteiger partial charge in [-0.25, -0.2) is 4.39 Å². The van der Waals surface area contributed by atoms with Gasteiger partial charge in [0.15, 0.2) is 5.69 Å². The Labute approximate surface area is 172 Å². The van der Waals surface area contributed by atoms with Crippen LogP contribution in [0.4, 0.5) is 4.39 Å². The summed E-state index contributed by atoms with van der Waals surface area (Å²) >= 11 is 0. The van der Waals surface area contributed by atoms with E-state index in [1.54, 1.807) is 17.1 Å². The SMILES string of the molecule is Cc1cc(-c2ncc(Cn3nc(C(N)=O)cc3-c3cncc(F)c3)cc2C)ccn1. The molecule has 7 nitrogen and oxygen atoms in total. The first kappa shape index (κ1) is 19.4. The Morgan fingerprint density at radius 3 is 2.60 bits per heavy atom. The van der Waals surface area contributed by atoms with Crippen molar-refractivity contribution in [3.05, 3.63) is 83.5 Å². The highest BCUT2D eigenvalue weighted by Crippen LogP contribution is 2.24. The Hall–Kier alpha value is -3.94. The number of halogens is 1. The average Bonchev–Trinajstić information content (AvgIpc) is 3.12. The van der Waals surface area contributed by atoms with E-state index in [-0.39, 0.29) is 5.69 Å². The molecule has 30 heavy (non-hydrogen) atoms. The molecule has 1 amide bonds. The fourth-order valence-corrected chi connectivity index (χ4v) is 3.33. The van der Waals surface area contributed by atoms with Crippen molar-refractivity contribution in [3.63, 3.8) is 0 Å². The van der Waals surface area contributed by atoms with Crippen molar-refractivity contribution in [3.8, 4) is 22.5 Å². The van der Waals surface area contributed by atoms with Crippen LogP contribution in [0, 0.1) is 19.7 Å². The van der Waals surface area contributed by atoms with Gasteiger partial charge in [-0.3, -0.25) is 24.4 Å². The summed E-state index contributed by atoms with van der Waals surface area (Å²) in [6.45, 7) is 4.25. The number of carbonyl (C=O) groups excluding carboxylic acids is 1. The van der Waals surface area contributed by atoms with Gasteiger partial charge in [0.25, 0.3) is 5.91 Å². The van der Waals surface area contributed by atoms with Crippen molar-refractivity contribution in [1.82, 2.24) is 24.7 Å². The van der Waals surface area contributed by atoms with Crippen LogP contribution in [-0.4, -0.2) is 30.6 Å². The van der Waals surface area contributed by atoms with Crippen molar-refractivity contribution < 1.29 is 9.18 Å². The van der Waals surface area contributed by atoms with Crippen LogP contribution in [0.2, 0.25) is 0 Å². The average molecular weight is 402 g/mol. The Kier molecular flexibility index (Phi) is 5.05. The minimum absolute atomic E-state index is 0.0998. The van der Waals surface area contributed by atoms with Crippen LogP contribution < -0.4 is 5.73 Å². The van der Waals surface area contributed by atoms with Crippen molar-refractivity contribution in [2.24, 2.45) is 5.73 Å². The smallest absolute Gasteiger partial charge is 0.269 e. The molecule has 0 radical (unpaired) electrons. The summed E-state index contributed by atoms with van der Waals surface area (Å²) in [6, 6.07) is 8.79. The lowest BCUT2D eigenvalue weighted by Crippen LogP contribution is -2.13. The molecule has 0 aliphatic heterocycles. The summed E-state index contributed by atoms with van der Waals surface area (Å²) in [5.41, 5.74) is 11.2. The Balaban J connectivity index is 1.70. The number of rotatable bonds is 5. The molecule has 0 aliphatic carbocycles. The summed E-state index contributed by atoms with van der Waals surface area (Å²) in [4.78, 5) is 24.4. The predicted molar refractivity (Wildman–Crippen MR) is 110 cm³/mol. The van der Waals surface area contributed by atoms with Gasteiger partial charge in [-0.2, -0.15) is 5.10 Å². The molecule has 0 unspecified atom stereocenters. The number of nitrogens with two attached hydrogens (primary N) is 1. The van der Waals surface area contributed by atoms with E-state index in [9.17, 15) is 9.18 Å². The van der Waals surface area contributed by atoms with E-state index in [0.717, 1.165) is 34.3 Å². The van der Waals surface area contributed by atoms with Crippen LogP contribution in [-0.2, 0) is 6.54 Å². The van der Waals surface area contributed by atoms with Gasteiger partial charge in [-0.1, -0.05) is 6.07 Å². The maximum Gasteiger partial charge on any atom is 0.269 e. The van der Waals surface area contributed by atoms with Gasteiger partial charge in [0.1, 0.15) is 5.82 Å². The maximum absolute atomic E-state index is 13.7. The molecule has 8 heteroatoms. The lowest BCUT2D eigenvalue weighted by molar-refractivity contribution is 0.0995. The summed E-state index contributed by atoms with van der Waals surface area (Å²) in [5, 5.41) is 4.29. The minimum atomic E-state index is -0.655. The quantitative estimate of drug-likeness (QED) is 0.552. The first-order valence-electron chi connectivity index (χ1n) is 9.28. The summed E-state index contributed by atoms with van der Waals surface area (Å²) in [5.74, 6) is -1.13. The number of hydrogen-bond acceptors (Lipinski definition) is 5. The molecule has 0 aromatic carbocycles. The Morgan fingerprint density at radius 1 is 1.07 bits per heavy atom. The highest BCUT2D eigenvalue weighted by atomic mass is 19.1. The molecular weight excluding hydrogens is 383 g/mol. The monoisotopic (exact) mass is 402 g/mol. The number of pyridine rings is 3. The highest BCUT2D eigenvalue weighted by Gasteiger charge is 2.15. The van der Waals surface area contributed by atoms with Gasteiger partial charge in [0.2, 0.25) is 0 Å². The third kappa shape index (κ3) is 3.93. The van der Waals surface area contributed by atoms with Crippen LogP contribution in [0.3, 0.4) is 0 Å². The second kappa shape index (κ2) is 7.82. The minimum Gasteiger partial charge on any atom is -0.364 e. The molecule has 150 valence electrons. The predicted octanol–water partition coefficient (Wildman–Crippen LogP) is 3.31. The number of amides is 1. The van der Waals surface area contributed by atoms with Gasteiger partial charge in [-0.05, 0) is 49.2 Å². The van der Waals surface area contributed by atoms with E-state index in [1.165, 1.54) is 18.3 Å². The second-order valence-corrected chi connectivity index (χ2v) is 7.02. The lowest BCUT2D eigenvalue weighted by Gasteiger charge is -2.11. The summed E-state index contributed by atoms with van der Waals surface area (Å²) in [6.07, 6.45) is 6.15. The van der Waals surface area contributed by atoms with E-state index in [0.29, 0.717) is 17.8 Å². The number of aryl methyl sites for hydroxylation is 2. The number of hydrogen-bond donors (Lipinski definition) is 1. The molecule has 4 aromatic heterocycles. The highest BCUT2D eigenvalue weighted by molar-refractivity contribution is 5.92. The molecule has 4 heterocycles. The summed E-state index contributed by atoms with van der Waals surface area (Å²) in [7, 11) is 0. The van der Waals surface area contributed by atoms with E-state index in [2.05, 4.69) is 20.1 Å². The third-order valence-electron chi connectivity index (χ3n) is 4.67. The van der Waals surface area contributed by atoms with E-state index >= 15 is 0 Å². The number of aromatic nitrogens is 5. The number of primary amides is 1. The normalized spacial score (nSPS) is 10.9. The van der Waals surface area contributed by atoms with Crippen LogP contribution in [0.25, 0.3) is 22.5 Å². The van der Waals surface area contributed by atoms with Gasteiger partial charge in [-0.15, -0.1) is 0 Å². The largest absolute Gasteiger partial charge is 0.364 e.